The fourth-order valence-electron chi connectivity index (χ4n) is 3.12. The molecule has 2 heterocycles. The summed E-state index contributed by atoms with van der Waals surface area (Å²) < 4.78 is 5.46. The molecule has 1 fully saturated rings. The van der Waals surface area contributed by atoms with E-state index in [1.54, 1.807) is 0 Å². The number of hydrogen-bond acceptors (Lipinski definition) is 3. The molecular weight excluding hydrogens is 236 g/mol. The molecule has 3 nitrogen and oxygen atoms in total. The van der Waals surface area contributed by atoms with Crippen molar-refractivity contribution < 1.29 is 4.74 Å². The van der Waals surface area contributed by atoms with E-state index < -0.39 is 0 Å². The molecule has 0 spiro atoms. The van der Waals surface area contributed by atoms with E-state index in [-0.39, 0.29) is 5.54 Å². The molecule has 1 saturated heterocycles. The summed E-state index contributed by atoms with van der Waals surface area (Å²) in [6.45, 7) is 6.19. The summed E-state index contributed by atoms with van der Waals surface area (Å²) in [5.74, 6) is 0. The number of ether oxygens (including phenoxy) is 1. The van der Waals surface area contributed by atoms with Crippen molar-refractivity contribution in [3.05, 3.63) is 35.4 Å². The predicted octanol–water partition coefficient (Wildman–Crippen LogP) is 2.03. The van der Waals surface area contributed by atoms with Crippen LogP contribution in [0.15, 0.2) is 24.3 Å². The van der Waals surface area contributed by atoms with Crippen LogP contribution in [0.4, 0.5) is 0 Å². The zero-order valence-electron chi connectivity index (χ0n) is 11.7. The number of fused-ring (bicyclic) bond motifs is 1. The third kappa shape index (κ3) is 2.99. The van der Waals surface area contributed by atoms with Crippen LogP contribution < -0.4 is 10.6 Å². The second kappa shape index (κ2) is 5.61. The molecule has 1 unspecified atom stereocenters. The van der Waals surface area contributed by atoms with Crippen molar-refractivity contribution in [2.24, 2.45) is 0 Å². The van der Waals surface area contributed by atoms with Crippen LogP contribution in [-0.2, 0) is 11.2 Å². The molecular formula is C16H24N2O. The highest BCUT2D eigenvalue weighted by atomic mass is 16.5. The van der Waals surface area contributed by atoms with E-state index in [1.165, 1.54) is 11.1 Å². The monoisotopic (exact) mass is 260 g/mol. The van der Waals surface area contributed by atoms with Crippen LogP contribution in [0.3, 0.4) is 0 Å². The van der Waals surface area contributed by atoms with Crippen LogP contribution >= 0.6 is 0 Å². The van der Waals surface area contributed by atoms with Gasteiger partial charge in [0.15, 0.2) is 0 Å². The Morgan fingerprint density at radius 2 is 2.11 bits per heavy atom. The topological polar surface area (TPSA) is 33.3 Å². The second-order valence-corrected chi connectivity index (χ2v) is 6.01. The van der Waals surface area contributed by atoms with Gasteiger partial charge in [0.1, 0.15) is 0 Å². The van der Waals surface area contributed by atoms with E-state index in [0.29, 0.717) is 6.04 Å². The minimum atomic E-state index is 0.242. The fraction of sp³-hybridized carbons (Fsp3) is 0.625. The molecule has 0 bridgehead atoms. The van der Waals surface area contributed by atoms with Crippen molar-refractivity contribution in [3.8, 4) is 0 Å². The molecule has 2 aliphatic rings. The van der Waals surface area contributed by atoms with E-state index in [4.69, 9.17) is 4.74 Å². The molecule has 0 amide bonds. The quantitative estimate of drug-likeness (QED) is 0.872. The first-order valence-electron chi connectivity index (χ1n) is 7.41. The highest BCUT2D eigenvalue weighted by Crippen LogP contribution is 2.24. The molecule has 3 heteroatoms. The number of nitrogens with one attached hydrogen (secondary N) is 2. The fourth-order valence-corrected chi connectivity index (χ4v) is 3.12. The minimum Gasteiger partial charge on any atom is -0.381 e. The van der Waals surface area contributed by atoms with Gasteiger partial charge in [-0.3, -0.25) is 0 Å². The van der Waals surface area contributed by atoms with Gasteiger partial charge >= 0.3 is 0 Å². The van der Waals surface area contributed by atoms with E-state index >= 15 is 0 Å². The summed E-state index contributed by atoms with van der Waals surface area (Å²) in [4.78, 5) is 0. The summed E-state index contributed by atoms with van der Waals surface area (Å²) in [6.07, 6.45) is 3.38. The van der Waals surface area contributed by atoms with Crippen LogP contribution in [0, 0.1) is 0 Å². The smallest absolute Gasteiger partial charge is 0.0483 e. The largest absolute Gasteiger partial charge is 0.381 e. The zero-order chi connectivity index (χ0) is 13.1. The number of rotatable bonds is 3. The molecule has 19 heavy (non-hydrogen) atoms. The van der Waals surface area contributed by atoms with Gasteiger partial charge in [-0.25, -0.2) is 0 Å². The van der Waals surface area contributed by atoms with Crippen LogP contribution in [0.2, 0.25) is 0 Å². The van der Waals surface area contributed by atoms with Crippen molar-refractivity contribution in [2.75, 3.05) is 26.3 Å². The molecule has 1 aromatic rings. The Hall–Kier alpha value is -0.900. The van der Waals surface area contributed by atoms with E-state index in [0.717, 1.165) is 45.6 Å². The zero-order valence-corrected chi connectivity index (χ0v) is 11.7. The lowest BCUT2D eigenvalue weighted by Crippen LogP contribution is -2.50. The Kier molecular flexibility index (Phi) is 3.87. The molecule has 0 aromatic heterocycles. The van der Waals surface area contributed by atoms with Gasteiger partial charge in [0.25, 0.3) is 0 Å². The lowest BCUT2D eigenvalue weighted by atomic mass is 9.90. The van der Waals surface area contributed by atoms with Crippen molar-refractivity contribution in [3.63, 3.8) is 0 Å². The Labute approximate surface area is 115 Å². The van der Waals surface area contributed by atoms with Crippen molar-refractivity contribution >= 4 is 0 Å². The Morgan fingerprint density at radius 1 is 1.32 bits per heavy atom. The maximum absolute atomic E-state index is 5.46. The molecule has 1 atom stereocenters. The van der Waals surface area contributed by atoms with Crippen molar-refractivity contribution in [1.29, 1.82) is 0 Å². The van der Waals surface area contributed by atoms with E-state index in [1.807, 2.05) is 0 Å². The van der Waals surface area contributed by atoms with Gasteiger partial charge in [-0.1, -0.05) is 24.3 Å². The Morgan fingerprint density at radius 3 is 2.95 bits per heavy atom. The van der Waals surface area contributed by atoms with Gasteiger partial charge < -0.3 is 15.4 Å². The summed E-state index contributed by atoms with van der Waals surface area (Å²) in [6, 6.07) is 9.27. The predicted molar refractivity (Wildman–Crippen MR) is 77.4 cm³/mol. The first-order chi connectivity index (χ1) is 9.27. The van der Waals surface area contributed by atoms with Gasteiger partial charge in [0.05, 0.1) is 0 Å². The average molecular weight is 260 g/mol. The summed E-state index contributed by atoms with van der Waals surface area (Å²) >= 11 is 0. The molecule has 0 saturated carbocycles. The third-order valence-electron chi connectivity index (χ3n) is 4.54. The summed E-state index contributed by atoms with van der Waals surface area (Å²) in [5, 5.41) is 7.40. The normalized spacial score (nSPS) is 25.8. The maximum atomic E-state index is 5.46. The average Bonchev–Trinajstić information content (AvgIpc) is 2.46. The SMILES string of the molecule is CC1(NCC2NCCc3ccccc32)CCOCC1. The third-order valence-corrected chi connectivity index (χ3v) is 4.54. The standard InChI is InChI=1S/C16H24N2O/c1-16(7-10-19-11-8-16)18-12-15-14-5-3-2-4-13(14)6-9-17-15/h2-5,15,17-18H,6-12H2,1H3. The van der Waals surface area contributed by atoms with E-state index in [9.17, 15) is 0 Å². The van der Waals surface area contributed by atoms with Crippen LogP contribution in [0.25, 0.3) is 0 Å². The molecule has 3 rings (SSSR count). The van der Waals surface area contributed by atoms with Crippen molar-refractivity contribution in [2.45, 2.75) is 37.8 Å². The van der Waals surface area contributed by atoms with Crippen LogP contribution in [0.1, 0.15) is 36.9 Å². The van der Waals surface area contributed by atoms with Gasteiger partial charge in [-0.2, -0.15) is 0 Å². The number of hydrogen-bond donors (Lipinski definition) is 2. The maximum Gasteiger partial charge on any atom is 0.0483 e. The minimum absolute atomic E-state index is 0.242. The van der Waals surface area contributed by atoms with Gasteiger partial charge in [0.2, 0.25) is 0 Å². The van der Waals surface area contributed by atoms with Crippen molar-refractivity contribution in [1.82, 2.24) is 10.6 Å². The number of benzene rings is 1. The Balaban J connectivity index is 1.64. The molecule has 0 radical (unpaired) electrons. The van der Waals surface area contributed by atoms with Crippen LogP contribution in [0.5, 0.6) is 0 Å². The molecule has 2 aliphatic heterocycles. The van der Waals surface area contributed by atoms with Gasteiger partial charge in [-0.05, 0) is 43.9 Å². The molecule has 1 aromatic carbocycles. The molecule has 2 N–H and O–H groups in total. The lowest BCUT2D eigenvalue weighted by Gasteiger charge is -2.37. The Bertz CT molecular complexity index is 427. The van der Waals surface area contributed by atoms with Gasteiger partial charge in [0, 0.05) is 31.3 Å². The lowest BCUT2D eigenvalue weighted by molar-refractivity contribution is 0.0443. The molecule has 0 aliphatic carbocycles. The summed E-state index contributed by atoms with van der Waals surface area (Å²) in [5.41, 5.74) is 3.22. The van der Waals surface area contributed by atoms with Gasteiger partial charge in [-0.15, -0.1) is 0 Å². The highest BCUT2D eigenvalue weighted by molar-refractivity contribution is 5.32. The summed E-state index contributed by atoms with van der Waals surface area (Å²) in [7, 11) is 0. The second-order valence-electron chi connectivity index (χ2n) is 6.01. The van der Waals surface area contributed by atoms with E-state index in [2.05, 4.69) is 41.8 Å². The first-order valence-corrected chi connectivity index (χ1v) is 7.41. The first kappa shape index (κ1) is 13.1. The van der Waals surface area contributed by atoms with Crippen LogP contribution in [-0.4, -0.2) is 31.8 Å². The molecule has 104 valence electrons. The highest BCUT2D eigenvalue weighted by Gasteiger charge is 2.28.